The number of hydrogen-bond donors (Lipinski definition) is 0. The Morgan fingerprint density at radius 1 is 0.833 bits per heavy atom. The van der Waals surface area contributed by atoms with Crippen LogP contribution >= 0.6 is 0 Å². The molecule has 3 heteroatoms. The van der Waals surface area contributed by atoms with Gasteiger partial charge in [0.25, 0.3) is 0 Å². The number of benzene rings is 2. The topological polar surface area (TPSA) is 0 Å². The van der Waals surface area contributed by atoms with Crippen LogP contribution in [0.1, 0.15) is 111 Å². The van der Waals surface area contributed by atoms with E-state index in [-0.39, 0.29) is 35.6 Å². The molecule has 0 radical (unpaired) electrons. The minimum atomic E-state index is -2.07. The molecule has 0 saturated carbocycles. The summed E-state index contributed by atoms with van der Waals surface area (Å²) in [6, 6.07) is 10.3. The molecule has 4 rings (SSSR count). The molecule has 0 nitrogen and oxygen atoms in total. The van der Waals surface area contributed by atoms with Crippen molar-refractivity contribution in [3.63, 3.8) is 0 Å². The molecule has 36 heavy (non-hydrogen) atoms. The number of allylic oxidation sites excluding steroid dienone is 4. The fourth-order valence-electron chi connectivity index (χ4n) is 6.08. The van der Waals surface area contributed by atoms with Crippen molar-refractivity contribution in [2.75, 3.05) is 0 Å². The summed E-state index contributed by atoms with van der Waals surface area (Å²) in [6.07, 6.45) is 12.2. The zero-order chi connectivity index (χ0) is 24.8. The van der Waals surface area contributed by atoms with Crippen LogP contribution in [0.2, 0.25) is 0 Å². The molecule has 0 amide bonds. The molecule has 2 aliphatic carbocycles. The monoisotopic (exact) mass is 600 g/mol. The Bertz CT molecular complexity index is 1130. The van der Waals surface area contributed by atoms with Crippen LogP contribution in [0.15, 0.2) is 45.8 Å². The Morgan fingerprint density at radius 2 is 1.33 bits per heavy atom. The minimum Gasteiger partial charge on any atom is -1.00 e. The summed E-state index contributed by atoms with van der Waals surface area (Å²) in [4.78, 5) is 0. The molecule has 0 unspecified atom stereocenters. The van der Waals surface area contributed by atoms with Crippen LogP contribution in [0.25, 0.3) is 11.1 Å². The number of halogens is 2. The van der Waals surface area contributed by atoms with Crippen molar-refractivity contribution in [1.29, 1.82) is 0 Å². The van der Waals surface area contributed by atoms with Gasteiger partial charge in [-0.25, -0.2) is 0 Å². The molecule has 0 spiro atoms. The third-order valence-corrected chi connectivity index (χ3v) is 15.3. The third kappa shape index (κ3) is 6.11. The molecule has 0 atom stereocenters. The summed E-state index contributed by atoms with van der Waals surface area (Å²) in [7, 11) is 0. The standard InChI is InChI=1S/C23H29.C5H5.C5H10.2ClH.Zr/c1-14-9-16-11-17-10-15(2)21(23(6,7)8)13-19(17)18(16)12-20(14)22(3,4)5;1-2-4-5-3-1;1-3-5-4-2;;;/h9-13H,1-8H3;1-3H,4H2;1H,3-5H2,2H3;2*1H;/q;;;;;+2/p-2. The fourth-order valence-corrected chi connectivity index (χ4v) is 13.9. The van der Waals surface area contributed by atoms with Gasteiger partial charge in [-0.15, -0.1) is 0 Å². The smallest absolute Gasteiger partial charge is 1.00 e. The molecule has 0 heterocycles. The van der Waals surface area contributed by atoms with Gasteiger partial charge in [0, 0.05) is 0 Å². The van der Waals surface area contributed by atoms with Gasteiger partial charge < -0.3 is 24.8 Å². The quantitative estimate of drug-likeness (QED) is 0.461. The molecule has 0 saturated heterocycles. The molecular formula is C33H44Cl2Zr. The zero-order valence-corrected chi connectivity index (χ0v) is 27.8. The third-order valence-electron chi connectivity index (χ3n) is 7.70. The SMILES string of the molecule is CCCC/[CH]=[Zr+2](/[C]1=CC=CC1)[CH]1c2cc(C)c(C(C)(C)C)cc2-c2cc(C(C)(C)C)c(C)cc21.[Cl-].[Cl-]. The Labute approximate surface area is 241 Å². The number of hydrogen-bond acceptors (Lipinski definition) is 0. The summed E-state index contributed by atoms with van der Waals surface area (Å²) in [5.74, 6) is 0. The molecule has 0 fully saturated rings. The van der Waals surface area contributed by atoms with E-state index in [1.807, 2.05) is 0 Å². The normalized spacial score (nSPS) is 14.8. The van der Waals surface area contributed by atoms with Crippen molar-refractivity contribution in [2.45, 2.75) is 102 Å². The van der Waals surface area contributed by atoms with E-state index in [9.17, 15) is 0 Å². The first kappa shape index (κ1) is 31.5. The van der Waals surface area contributed by atoms with Gasteiger partial charge >= 0.3 is 218 Å². The molecule has 0 N–H and O–H groups in total. The van der Waals surface area contributed by atoms with Gasteiger partial charge in [0.2, 0.25) is 0 Å². The first-order valence-electron chi connectivity index (χ1n) is 13.3. The van der Waals surface area contributed by atoms with Gasteiger partial charge in [-0.3, -0.25) is 0 Å². The van der Waals surface area contributed by atoms with Crippen molar-refractivity contribution >= 4 is 3.71 Å². The van der Waals surface area contributed by atoms with Gasteiger partial charge in [0.05, 0.1) is 0 Å². The van der Waals surface area contributed by atoms with E-state index in [4.69, 9.17) is 0 Å². The van der Waals surface area contributed by atoms with E-state index < -0.39 is 21.3 Å². The van der Waals surface area contributed by atoms with Crippen LogP contribution in [0, 0.1) is 13.8 Å². The van der Waals surface area contributed by atoms with E-state index in [1.54, 1.807) is 14.4 Å². The largest absolute Gasteiger partial charge is 1.00 e. The minimum absolute atomic E-state index is 0. The van der Waals surface area contributed by atoms with Crippen molar-refractivity contribution in [3.05, 3.63) is 79.2 Å². The van der Waals surface area contributed by atoms with Crippen molar-refractivity contribution < 1.29 is 46.1 Å². The van der Waals surface area contributed by atoms with Crippen molar-refractivity contribution in [3.8, 4) is 11.1 Å². The Kier molecular flexibility index (Phi) is 10.5. The maximum absolute atomic E-state index is 2.84. The fraction of sp³-hybridized carbons (Fsp3) is 0.485. The van der Waals surface area contributed by atoms with E-state index in [0.29, 0.717) is 3.63 Å². The average molecular weight is 603 g/mol. The first-order chi connectivity index (χ1) is 15.9. The van der Waals surface area contributed by atoms with E-state index in [1.165, 1.54) is 59.1 Å². The van der Waals surface area contributed by atoms with Crippen molar-refractivity contribution in [1.82, 2.24) is 0 Å². The summed E-state index contributed by atoms with van der Waals surface area (Å²) in [5.41, 5.74) is 12.5. The molecular weight excluding hydrogens is 558 g/mol. The number of unbranched alkanes of at least 4 members (excludes halogenated alkanes) is 2. The van der Waals surface area contributed by atoms with Crippen LogP contribution < -0.4 is 24.8 Å². The number of aryl methyl sites for hydroxylation is 2. The average Bonchev–Trinajstić information content (AvgIpc) is 3.35. The van der Waals surface area contributed by atoms with Crippen LogP contribution in [0.3, 0.4) is 0 Å². The van der Waals surface area contributed by atoms with Crippen LogP contribution in [-0.4, -0.2) is 3.71 Å². The molecule has 2 aromatic rings. The predicted molar refractivity (Wildman–Crippen MR) is 148 cm³/mol. The second-order valence-electron chi connectivity index (χ2n) is 12.6. The van der Waals surface area contributed by atoms with E-state index >= 15 is 0 Å². The molecule has 194 valence electrons. The maximum Gasteiger partial charge on any atom is -1.00 e. The summed E-state index contributed by atoms with van der Waals surface area (Å²) >= 11 is -2.07. The Morgan fingerprint density at radius 3 is 1.72 bits per heavy atom. The van der Waals surface area contributed by atoms with Crippen LogP contribution in [0.5, 0.6) is 0 Å². The summed E-state index contributed by atoms with van der Waals surface area (Å²) < 4.78 is 5.22. The van der Waals surface area contributed by atoms with Crippen molar-refractivity contribution in [2.24, 2.45) is 0 Å². The van der Waals surface area contributed by atoms with Gasteiger partial charge in [-0.05, 0) is 0 Å². The number of fused-ring (bicyclic) bond motifs is 3. The number of rotatable bonds is 5. The summed E-state index contributed by atoms with van der Waals surface area (Å²) in [5, 5.41) is 0. The molecule has 0 aliphatic heterocycles. The van der Waals surface area contributed by atoms with Gasteiger partial charge in [-0.2, -0.15) is 0 Å². The molecule has 0 aromatic heterocycles. The van der Waals surface area contributed by atoms with Crippen LogP contribution in [-0.2, 0) is 32.1 Å². The molecule has 2 aliphatic rings. The molecule has 0 bridgehead atoms. The zero-order valence-electron chi connectivity index (χ0n) is 23.8. The second-order valence-corrected chi connectivity index (χ2v) is 18.8. The van der Waals surface area contributed by atoms with E-state index in [0.717, 1.165) is 0 Å². The predicted octanol–water partition coefficient (Wildman–Crippen LogP) is 3.43. The maximum atomic E-state index is 2.84. The Hall–Kier alpha value is -0.747. The molecule has 2 aromatic carbocycles. The van der Waals surface area contributed by atoms with Crippen LogP contribution in [0.4, 0.5) is 0 Å². The summed E-state index contributed by atoms with van der Waals surface area (Å²) in [6.45, 7) is 21.2. The van der Waals surface area contributed by atoms with Gasteiger partial charge in [-0.1, -0.05) is 0 Å². The Balaban J connectivity index is 0.00000228. The second kappa shape index (κ2) is 12.0. The van der Waals surface area contributed by atoms with Gasteiger partial charge in [0.15, 0.2) is 0 Å². The van der Waals surface area contributed by atoms with E-state index in [2.05, 4.69) is 109 Å². The first-order valence-corrected chi connectivity index (χ1v) is 17.4. The van der Waals surface area contributed by atoms with Gasteiger partial charge in [0.1, 0.15) is 0 Å².